The number of alkyl halides is 12. The quantitative estimate of drug-likeness (QED) is 0.0627. The fraction of sp³-hybridized carbons (Fsp3) is 0.329. The van der Waals surface area contributed by atoms with Crippen molar-refractivity contribution < 1.29 is 70.1 Å². The van der Waals surface area contributed by atoms with Crippen molar-refractivity contribution in [3.8, 4) is 0 Å². The zero-order valence-electron chi connectivity index (χ0n) is 61.0. The van der Waals surface area contributed by atoms with Gasteiger partial charge in [-0.3, -0.25) is 39.1 Å². The molecule has 31 heteroatoms. The van der Waals surface area contributed by atoms with Crippen molar-refractivity contribution in [2.75, 3.05) is 5.75 Å². The minimum Gasteiger partial charge on any atom is -0.319 e. The fourth-order valence-corrected chi connectivity index (χ4v) is 10.3. The van der Waals surface area contributed by atoms with Crippen molar-refractivity contribution in [1.29, 1.82) is 0 Å². The van der Waals surface area contributed by atoms with E-state index in [2.05, 4.69) is 45.2 Å². The summed E-state index contributed by atoms with van der Waals surface area (Å²) in [5.74, 6) is -0.00394. The van der Waals surface area contributed by atoms with Gasteiger partial charge in [-0.2, -0.15) is 57.1 Å². The largest absolute Gasteiger partial charge is 0.416 e. The number of aryl methyl sites for hydroxylation is 5. The molecule has 4 aromatic carbocycles. The Labute approximate surface area is 646 Å². The van der Waals surface area contributed by atoms with Crippen LogP contribution in [-0.4, -0.2) is 70.0 Å². The average molecular weight is 1670 g/mol. The van der Waals surface area contributed by atoms with Crippen LogP contribution in [0.15, 0.2) is 198 Å². The van der Waals surface area contributed by atoms with Gasteiger partial charge in [0, 0.05) is 62.7 Å². The lowest BCUT2D eigenvalue weighted by molar-refractivity contribution is -0.138. The summed E-state index contributed by atoms with van der Waals surface area (Å²) in [6, 6.07) is 37.0. The zero-order valence-corrected chi connectivity index (χ0v) is 66.7. The molecule has 0 amide bonds. The lowest BCUT2D eigenvalue weighted by Crippen LogP contribution is -2.27. The summed E-state index contributed by atoms with van der Waals surface area (Å²) in [5, 5.41) is 5.04. The van der Waals surface area contributed by atoms with Gasteiger partial charge in [-0.25, -0.2) is 8.42 Å². The van der Waals surface area contributed by atoms with Gasteiger partial charge < -0.3 is 11.5 Å². The highest BCUT2D eigenvalue weighted by atomic mass is 79.9. The van der Waals surface area contributed by atoms with Crippen LogP contribution >= 0.6 is 40.7 Å². The number of nitrogens with zero attached hydrogens (tertiary/aromatic N) is 6. The number of rotatable bonds is 11. The highest BCUT2D eigenvalue weighted by Gasteiger charge is 2.34. The maximum Gasteiger partial charge on any atom is 0.416 e. The predicted molar refractivity (Wildman–Crippen MR) is 412 cm³/mol. The van der Waals surface area contributed by atoms with Crippen LogP contribution in [0.4, 0.5) is 52.7 Å². The Bertz CT molecular complexity index is 4190. The van der Waals surface area contributed by atoms with Gasteiger partial charge in [0.2, 0.25) is 0 Å². The number of halogens is 15. The first kappa shape index (κ1) is 97.5. The second-order valence-electron chi connectivity index (χ2n) is 26.1. The monoisotopic (exact) mass is 1660 g/mol. The molecule has 9 rings (SSSR count). The molecule has 0 fully saturated rings. The van der Waals surface area contributed by atoms with Crippen molar-refractivity contribution in [1.82, 2.24) is 24.9 Å². The van der Waals surface area contributed by atoms with Gasteiger partial charge in [0.1, 0.15) is 16.7 Å². The van der Waals surface area contributed by atoms with E-state index in [0.29, 0.717) is 44.0 Å². The molecule has 6 N–H and O–H groups in total. The van der Waals surface area contributed by atoms with E-state index in [9.17, 15) is 70.1 Å². The second kappa shape index (κ2) is 43.6. The zero-order chi connectivity index (χ0) is 79.6. The molecule has 0 aliphatic carbocycles. The molecule has 9 aromatic rings. The van der Waals surface area contributed by atoms with Crippen LogP contribution in [0.1, 0.15) is 180 Å². The topological polar surface area (TPSA) is 223 Å². The van der Waals surface area contributed by atoms with Gasteiger partial charge in [0.05, 0.1) is 83.8 Å². The van der Waals surface area contributed by atoms with E-state index in [1.165, 1.54) is 48.5 Å². The third kappa shape index (κ3) is 33.9. The number of hydrogen-bond acceptors (Lipinski definition) is 11. The molecule has 0 saturated carbocycles. The SMILES string of the molecule is CC(C)(C)[S@@](N)=O.Cc1cccnc1C=N[S@@](=O)C(C)(C)C.Cc1cccnc1C=O.Cc1cccnc1[C@@H](C[S@@](=O)C(C)(C)C)c1ccc(C(F)(F)F)cc1.Cc1cccnc1[C@@H](N)c1ccc(C(F)(F)F)cc1.Cc1cccnc1[C@@H](N)c1ccc(C(F)(F)F)cc1.Cl.Cl.FC(F)(F)c1ccc(Br)cc1. The molecule has 0 unspecified atom stereocenters. The summed E-state index contributed by atoms with van der Waals surface area (Å²) in [5.41, 5.74) is 19.4. The van der Waals surface area contributed by atoms with E-state index >= 15 is 0 Å². The third-order valence-electron chi connectivity index (χ3n) is 14.7. The van der Waals surface area contributed by atoms with Crippen molar-refractivity contribution in [3.05, 3.63) is 288 Å². The molecule has 0 radical (unpaired) electrons. The summed E-state index contributed by atoms with van der Waals surface area (Å²) < 4.78 is 187. The number of nitrogens with two attached hydrogens (primary N) is 3. The smallest absolute Gasteiger partial charge is 0.319 e. The van der Waals surface area contributed by atoms with Crippen LogP contribution in [0.5, 0.6) is 0 Å². The summed E-state index contributed by atoms with van der Waals surface area (Å²) in [6.45, 7) is 26.3. The first-order valence-electron chi connectivity index (χ1n) is 31.9. The van der Waals surface area contributed by atoms with Crippen molar-refractivity contribution in [2.45, 2.75) is 154 Å². The second-order valence-corrected chi connectivity index (χ2v) is 33.1. The maximum atomic E-state index is 12.8. The highest BCUT2D eigenvalue weighted by molar-refractivity contribution is 9.10. The van der Waals surface area contributed by atoms with Gasteiger partial charge in [0.25, 0.3) is 0 Å². The van der Waals surface area contributed by atoms with Crippen molar-refractivity contribution in [3.63, 3.8) is 0 Å². The van der Waals surface area contributed by atoms with Crippen LogP contribution in [-0.2, 0) is 57.5 Å². The van der Waals surface area contributed by atoms with Gasteiger partial charge in [0.15, 0.2) is 6.29 Å². The molecule has 5 heterocycles. The standard InChI is InChI=1S/C19H22F3NOS.2C14H13F3N2.C11H16N2OS.C7H4BrF3.C7H7NO.C4H11NOS.2ClH/c1-13-6-5-11-23-17(13)16(12-25(24)18(2,3)4)14-7-9-15(10-8-14)19(20,21)22;2*1-9-3-2-8-19-13(9)12(18)10-4-6-11(7-5-10)14(15,16)17;1-9-6-5-7-12-10(9)8-13-15(14)11(2,3)4;8-6-3-1-5(2-4-6)7(9,10)11;1-6-3-2-4-8-7(6)5-9;1-4(2,3)7(5)6;;/h5-11,16H,12H2,1-4H3;2*2-8,12H,18H2,1H3;5-8H,1-4H3;1-4H;2-5H,1H3;5H2,1-3H3;2*1H/t16-,25+;2*12-;15-;;;7-;;/m0000..0../s1. The van der Waals surface area contributed by atoms with Crippen LogP contribution in [0.3, 0.4) is 0 Å². The Hall–Kier alpha value is -7.48. The third-order valence-corrected chi connectivity index (χ3v) is 19.8. The summed E-state index contributed by atoms with van der Waals surface area (Å²) in [4.78, 5) is 30.9. The van der Waals surface area contributed by atoms with Gasteiger partial charge in [-0.1, -0.05) is 82.7 Å². The molecule has 0 spiro atoms. The number of carbonyl (C=O) groups excluding carboxylic acids is 1. The average Bonchev–Trinajstić information content (AvgIpc) is 0.820. The maximum absolute atomic E-state index is 12.8. The van der Waals surface area contributed by atoms with Gasteiger partial charge in [-0.05, 0) is 232 Å². The van der Waals surface area contributed by atoms with Crippen LogP contribution < -0.4 is 16.6 Å². The summed E-state index contributed by atoms with van der Waals surface area (Å²) in [7, 11) is -3.56. The number of carbonyl (C=O) groups is 1. The van der Waals surface area contributed by atoms with Gasteiger partial charge >= 0.3 is 24.7 Å². The van der Waals surface area contributed by atoms with Crippen LogP contribution in [0, 0.1) is 34.6 Å². The Morgan fingerprint density at radius 3 is 0.953 bits per heavy atom. The summed E-state index contributed by atoms with van der Waals surface area (Å²) in [6.07, 6.45) is -6.73. The Morgan fingerprint density at radius 2 is 0.692 bits per heavy atom. The van der Waals surface area contributed by atoms with E-state index in [4.69, 9.17) is 16.6 Å². The minimum absolute atomic E-state index is 0. The molecule has 0 aliphatic rings. The molecular weight excluding hydrogens is 1580 g/mol. The molecule has 13 nitrogen and oxygen atoms in total. The van der Waals surface area contributed by atoms with Crippen molar-refractivity contribution >= 4 is 86.0 Å². The van der Waals surface area contributed by atoms with E-state index in [1.54, 1.807) is 49.3 Å². The number of aromatic nitrogens is 5. The lowest BCUT2D eigenvalue weighted by Gasteiger charge is -2.24. The first-order valence-corrected chi connectivity index (χ1v) is 36.3. The normalized spacial score (nSPS) is 13.3. The lowest BCUT2D eigenvalue weighted by atomic mass is 9.93. The molecule has 6 atom stereocenters. The van der Waals surface area contributed by atoms with E-state index < -0.39 is 96.6 Å². The summed E-state index contributed by atoms with van der Waals surface area (Å²) >= 11 is 3.04. The minimum atomic E-state index is -4.37. The highest BCUT2D eigenvalue weighted by Crippen LogP contribution is 2.36. The first-order chi connectivity index (χ1) is 48.5. The number of pyridine rings is 5. The molecule has 5 aromatic heterocycles. The van der Waals surface area contributed by atoms with Crippen LogP contribution in [0.2, 0.25) is 0 Å². The molecule has 107 heavy (non-hydrogen) atoms. The molecule has 0 bridgehead atoms. The molecule has 584 valence electrons. The molecular formula is C76H88BrCl2F12N9O4S3. The number of benzene rings is 4. The Kier molecular flexibility index (Phi) is 39.8. The van der Waals surface area contributed by atoms with Crippen molar-refractivity contribution in [2.24, 2.45) is 21.0 Å². The predicted octanol–water partition coefficient (Wildman–Crippen LogP) is 20.2. The van der Waals surface area contributed by atoms with E-state index in [-0.39, 0.29) is 40.2 Å². The number of hydrogen-bond donors (Lipinski definition) is 3. The Morgan fingerprint density at radius 1 is 0.411 bits per heavy atom. The number of aldehydes is 1. The van der Waals surface area contributed by atoms with Gasteiger partial charge in [-0.15, -0.1) is 24.8 Å². The van der Waals surface area contributed by atoms with E-state index in [0.717, 1.165) is 94.0 Å². The Balaban J connectivity index is 0.000000643. The fourth-order valence-electron chi connectivity index (χ4n) is 8.37. The molecule has 0 aliphatic heterocycles. The van der Waals surface area contributed by atoms with E-state index in [1.807, 2.05) is 145 Å². The van der Waals surface area contributed by atoms with Crippen LogP contribution in [0.25, 0.3) is 0 Å². The molecule has 0 saturated heterocycles.